The van der Waals surface area contributed by atoms with Gasteiger partial charge in [0.15, 0.2) is 0 Å². The Morgan fingerprint density at radius 1 is 1.15 bits per heavy atom. The number of aryl methyl sites for hydroxylation is 1. The van der Waals surface area contributed by atoms with Crippen molar-refractivity contribution in [2.75, 3.05) is 51.3 Å². The van der Waals surface area contributed by atoms with Crippen molar-refractivity contribution in [1.82, 2.24) is 15.4 Å². The van der Waals surface area contributed by atoms with Gasteiger partial charge in [-0.2, -0.15) is 0 Å². The maximum absolute atomic E-state index is 13.5. The summed E-state index contributed by atoms with van der Waals surface area (Å²) in [6, 6.07) is 14.2. The van der Waals surface area contributed by atoms with Crippen LogP contribution in [-0.4, -0.2) is 62.3 Å². The SMILES string of the molecule is COc1cc(F)ccc1N1CCN(CCCNC(=O)c2c(-c3ccccc3)noc2C)CC1. The fraction of sp³-hybridized carbons (Fsp3) is 0.360. The fourth-order valence-electron chi connectivity index (χ4n) is 4.15. The third kappa shape index (κ3) is 5.34. The maximum atomic E-state index is 13.5. The standard InChI is InChI=1S/C25H29FN4O3/c1-18-23(24(28-33-18)19-7-4-3-5-8-19)25(31)27-11-6-12-29-13-15-30(16-14-29)21-10-9-20(26)17-22(21)32-2/h3-5,7-10,17H,6,11-16H2,1-2H3,(H,27,31). The van der Waals surface area contributed by atoms with E-state index in [0.29, 0.717) is 29.3 Å². The van der Waals surface area contributed by atoms with Crippen molar-refractivity contribution in [3.8, 4) is 17.0 Å². The fourth-order valence-corrected chi connectivity index (χ4v) is 4.15. The van der Waals surface area contributed by atoms with Crippen LogP contribution in [0.3, 0.4) is 0 Å². The second-order valence-electron chi connectivity index (χ2n) is 8.08. The number of hydrogen-bond acceptors (Lipinski definition) is 6. The first-order chi connectivity index (χ1) is 16.1. The van der Waals surface area contributed by atoms with Crippen LogP contribution in [0.25, 0.3) is 11.3 Å². The highest BCUT2D eigenvalue weighted by Gasteiger charge is 2.22. The zero-order valence-corrected chi connectivity index (χ0v) is 19.0. The van der Waals surface area contributed by atoms with E-state index in [0.717, 1.165) is 50.4 Å². The number of rotatable bonds is 8. The van der Waals surface area contributed by atoms with Crippen LogP contribution in [0.1, 0.15) is 22.5 Å². The number of benzene rings is 2. The molecule has 7 nitrogen and oxygen atoms in total. The highest BCUT2D eigenvalue weighted by molar-refractivity contribution is 6.00. The summed E-state index contributed by atoms with van der Waals surface area (Å²) < 4.78 is 24.1. The number of halogens is 1. The van der Waals surface area contributed by atoms with E-state index in [4.69, 9.17) is 9.26 Å². The average molecular weight is 453 g/mol. The molecule has 2 aromatic carbocycles. The predicted molar refractivity (Wildman–Crippen MR) is 125 cm³/mol. The number of amides is 1. The second kappa shape index (κ2) is 10.5. The lowest BCUT2D eigenvalue weighted by molar-refractivity contribution is 0.0950. The number of hydrogen-bond donors (Lipinski definition) is 1. The van der Waals surface area contributed by atoms with Gasteiger partial charge in [-0.05, 0) is 32.0 Å². The van der Waals surface area contributed by atoms with Crippen molar-refractivity contribution in [2.24, 2.45) is 0 Å². The van der Waals surface area contributed by atoms with E-state index in [1.54, 1.807) is 20.1 Å². The van der Waals surface area contributed by atoms with Gasteiger partial charge >= 0.3 is 0 Å². The molecule has 1 amide bonds. The molecule has 0 aliphatic carbocycles. The molecule has 174 valence electrons. The first-order valence-electron chi connectivity index (χ1n) is 11.2. The van der Waals surface area contributed by atoms with Crippen molar-refractivity contribution >= 4 is 11.6 Å². The van der Waals surface area contributed by atoms with Gasteiger partial charge in [0.05, 0.1) is 12.8 Å². The molecule has 1 aliphatic rings. The molecule has 3 aromatic rings. The molecule has 1 aliphatic heterocycles. The number of carbonyl (C=O) groups is 1. The van der Waals surface area contributed by atoms with Gasteiger partial charge in [0, 0.05) is 44.4 Å². The largest absolute Gasteiger partial charge is 0.494 e. The molecule has 0 unspecified atom stereocenters. The Morgan fingerprint density at radius 2 is 1.91 bits per heavy atom. The minimum atomic E-state index is -0.298. The Bertz CT molecular complexity index is 1080. The normalized spacial score (nSPS) is 14.3. The van der Waals surface area contributed by atoms with Crippen LogP contribution in [0, 0.1) is 12.7 Å². The molecule has 2 heterocycles. The molecular formula is C25H29FN4O3. The highest BCUT2D eigenvalue weighted by Crippen LogP contribution is 2.29. The predicted octanol–water partition coefficient (Wildman–Crippen LogP) is 3.74. The highest BCUT2D eigenvalue weighted by atomic mass is 19.1. The molecule has 33 heavy (non-hydrogen) atoms. The molecular weight excluding hydrogens is 423 g/mol. The van der Waals surface area contributed by atoms with Gasteiger partial charge in [-0.1, -0.05) is 35.5 Å². The number of nitrogens with zero attached hydrogens (tertiary/aromatic N) is 3. The van der Waals surface area contributed by atoms with E-state index < -0.39 is 0 Å². The Labute approximate surface area is 193 Å². The molecule has 8 heteroatoms. The van der Waals surface area contributed by atoms with Gasteiger partial charge in [0.25, 0.3) is 5.91 Å². The van der Waals surface area contributed by atoms with Crippen LogP contribution >= 0.6 is 0 Å². The van der Waals surface area contributed by atoms with E-state index in [1.165, 1.54) is 12.1 Å². The van der Waals surface area contributed by atoms with Gasteiger partial charge in [-0.25, -0.2) is 4.39 Å². The Balaban J connectivity index is 1.24. The molecule has 0 bridgehead atoms. The smallest absolute Gasteiger partial charge is 0.257 e. The quantitative estimate of drug-likeness (QED) is 0.525. The van der Waals surface area contributed by atoms with E-state index in [9.17, 15) is 9.18 Å². The molecule has 0 saturated carbocycles. The molecule has 1 N–H and O–H groups in total. The average Bonchev–Trinajstić information content (AvgIpc) is 3.24. The summed E-state index contributed by atoms with van der Waals surface area (Å²) in [6.45, 7) is 6.70. The number of aromatic nitrogens is 1. The van der Waals surface area contributed by atoms with Crippen LogP contribution < -0.4 is 15.0 Å². The van der Waals surface area contributed by atoms with E-state index in [1.807, 2.05) is 30.3 Å². The zero-order chi connectivity index (χ0) is 23.2. The molecule has 0 atom stereocenters. The van der Waals surface area contributed by atoms with Crippen molar-refractivity contribution in [1.29, 1.82) is 0 Å². The van der Waals surface area contributed by atoms with Crippen LogP contribution in [-0.2, 0) is 0 Å². The Kier molecular flexibility index (Phi) is 7.24. The van der Waals surface area contributed by atoms with Gasteiger partial charge in [0.1, 0.15) is 28.6 Å². The molecule has 1 aromatic heterocycles. The number of anilines is 1. The number of piperazine rings is 1. The van der Waals surface area contributed by atoms with Crippen molar-refractivity contribution in [3.63, 3.8) is 0 Å². The van der Waals surface area contributed by atoms with Crippen LogP contribution in [0.4, 0.5) is 10.1 Å². The van der Waals surface area contributed by atoms with E-state index in [2.05, 4.69) is 20.3 Å². The number of methoxy groups -OCH3 is 1. The summed E-state index contributed by atoms with van der Waals surface area (Å²) in [5.74, 6) is 0.609. The third-order valence-corrected chi connectivity index (χ3v) is 5.93. The minimum absolute atomic E-state index is 0.166. The summed E-state index contributed by atoms with van der Waals surface area (Å²) in [5.41, 5.74) is 2.83. The van der Waals surface area contributed by atoms with Crippen molar-refractivity contribution < 1.29 is 18.4 Å². The molecule has 0 spiro atoms. The Morgan fingerprint density at radius 3 is 2.64 bits per heavy atom. The number of carbonyl (C=O) groups excluding carboxylic acids is 1. The van der Waals surface area contributed by atoms with Crippen molar-refractivity contribution in [2.45, 2.75) is 13.3 Å². The maximum Gasteiger partial charge on any atom is 0.257 e. The molecule has 1 saturated heterocycles. The molecule has 0 radical (unpaired) electrons. The number of nitrogens with one attached hydrogen (secondary N) is 1. The van der Waals surface area contributed by atoms with Crippen LogP contribution in [0.5, 0.6) is 5.75 Å². The Hall–Kier alpha value is -3.39. The summed E-state index contributed by atoms with van der Waals surface area (Å²) in [6.07, 6.45) is 0.844. The van der Waals surface area contributed by atoms with E-state index in [-0.39, 0.29) is 11.7 Å². The molecule has 1 fully saturated rings. The minimum Gasteiger partial charge on any atom is -0.494 e. The summed E-state index contributed by atoms with van der Waals surface area (Å²) in [5, 5.41) is 7.08. The van der Waals surface area contributed by atoms with Gasteiger partial charge in [0.2, 0.25) is 0 Å². The third-order valence-electron chi connectivity index (χ3n) is 5.93. The van der Waals surface area contributed by atoms with E-state index >= 15 is 0 Å². The monoisotopic (exact) mass is 452 g/mol. The first-order valence-corrected chi connectivity index (χ1v) is 11.2. The van der Waals surface area contributed by atoms with Gasteiger partial charge in [-0.3, -0.25) is 9.69 Å². The number of ether oxygens (including phenoxy) is 1. The van der Waals surface area contributed by atoms with Crippen LogP contribution in [0.2, 0.25) is 0 Å². The molecule has 4 rings (SSSR count). The topological polar surface area (TPSA) is 70.8 Å². The first kappa shape index (κ1) is 22.8. The summed E-state index contributed by atoms with van der Waals surface area (Å²) in [4.78, 5) is 17.4. The second-order valence-corrected chi connectivity index (χ2v) is 8.08. The van der Waals surface area contributed by atoms with Gasteiger partial charge in [-0.15, -0.1) is 0 Å². The lowest BCUT2D eigenvalue weighted by atomic mass is 10.1. The van der Waals surface area contributed by atoms with Gasteiger partial charge < -0.3 is 19.5 Å². The zero-order valence-electron chi connectivity index (χ0n) is 19.0. The lowest BCUT2D eigenvalue weighted by Gasteiger charge is -2.36. The summed E-state index contributed by atoms with van der Waals surface area (Å²) in [7, 11) is 1.56. The van der Waals surface area contributed by atoms with Crippen LogP contribution in [0.15, 0.2) is 53.1 Å². The lowest BCUT2D eigenvalue weighted by Crippen LogP contribution is -2.47. The van der Waals surface area contributed by atoms with Crippen molar-refractivity contribution in [3.05, 3.63) is 65.7 Å². The summed E-state index contributed by atoms with van der Waals surface area (Å²) >= 11 is 0.